The van der Waals surface area contributed by atoms with E-state index in [9.17, 15) is 39.0 Å². The number of nitrogens with one attached hydrogen (secondary N) is 2. The summed E-state index contributed by atoms with van der Waals surface area (Å²) in [5, 5.41) is 46.4. The van der Waals surface area contributed by atoms with E-state index >= 15 is 0 Å². The average Bonchev–Trinajstić information content (AvgIpc) is 1.66. The predicted molar refractivity (Wildman–Crippen MR) is 374 cm³/mol. The summed E-state index contributed by atoms with van der Waals surface area (Å²) in [4.78, 5) is 78.3. The van der Waals surface area contributed by atoms with Crippen molar-refractivity contribution in [2.45, 2.75) is 258 Å². The summed E-state index contributed by atoms with van der Waals surface area (Å²) in [6.45, 7) is 12.7. The van der Waals surface area contributed by atoms with Crippen molar-refractivity contribution in [3.8, 4) is 11.5 Å². The van der Waals surface area contributed by atoms with Gasteiger partial charge in [-0.1, -0.05) is 110 Å². The van der Waals surface area contributed by atoms with Crippen LogP contribution in [0.25, 0.3) is 0 Å². The van der Waals surface area contributed by atoms with Gasteiger partial charge in [0.1, 0.15) is 29.2 Å². The minimum absolute atomic E-state index is 0. The Morgan fingerprint density at radius 2 is 1.15 bits per heavy atom. The normalized spacial score (nSPS) is 21.0. The van der Waals surface area contributed by atoms with Crippen LogP contribution in [-0.2, 0) is 54.3 Å². The molecule has 528 valence electrons. The largest absolute Gasteiger partial charge is 0.482 e. The van der Waals surface area contributed by atoms with Crippen molar-refractivity contribution in [1.82, 2.24) is 20.4 Å². The van der Waals surface area contributed by atoms with E-state index in [4.69, 9.17) is 29.2 Å². The molecule has 3 amide bonds. The van der Waals surface area contributed by atoms with Gasteiger partial charge >= 0.3 is 24.1 Å². The molecule has 6 rings (SSSR count). The topological polar surface area (TPSA) is 251 Å². The lowest BCUT2D eigenvalue weighted by molar-refractivity contribution is -0.140. The van der Waals surface area contributed by atoms with Crippen LogP contribution in [0, 0.1) is 35.5 Å². The monoisotopic (exact) mass is 1340 g/mol. The second-order valence-corrected chi connectivity index (χ2v) is 28.5. The third kappa shape index (κ3) is 25.0. The number of aliphatic hydroxyl groups is 2. The number of aliphatic hydroxyl groups excluding tert-OH is 2. The number of carboxylic acids is 2. The Kier molecular flexibility index (Phi) is 35.9. The van der Waals surface area contributed by atoms with Gasteiger partial charge in [-0.3, -0.25) is 19.4 Å². The molecule has 0 radical (unpaired) electrons. The smallest absolute Gasteiger partial charge is 0.410 e. The molecule has 4 aliphatic rings. The molecule has 2 saturated carbocycles. The first-order valence-electron chi connectivity index (χ1n) is 34.9. The van der Waals surface area contributed by atoms with Crippen LogP contribution in [0.2, 0.25) is 0 Å². The summed E-state index contributed by atoms with van der Waals surface area (Å²) in [5.41, 5.74) is 2.32. The Labute approximate surface area is 568 Å². The standard InChI is InChI=1S/C38H62N2O7S.C34H54N2O7S.CH4/c1-5-6-12-17-29(47-37(45)40(4)38(2,3)36(44)39-21-13-10-8-7-9-11-14-22-48)19-20-30-31-23-27-16-15-18-34(46-26-35(42)43)32(27)24-28(31)25-33(30)41;1-5-6-7-11-25(37)14-15-26-27-19-23-10-8-12-29(42-22-32(39)40)28(23)20-24(27)21-30(26)43-33(41)36(4)34(2,3)31(38)13-9-16-35-17-18-44;/h15-16,18,28-31,33,41,48H,5-14,17,19-26H2,1-4H3,(H,39,44)(H,42,43);8,10,12,24-27,30,35,37,44H,5-7,9,11,13-22H2,1-4H3,(H,39,40);1H4/t28-,29-,30+,31-,33+;24-,25-,26+,27-,30+;/m00./s1. The maximum absolute atomic E-state index is 13.6. The number of unbranched alkanes of at least 4 members (excludes halogenated alkanes) is 10. The van der Waals surface area contributed by atoms with E-state index in [-0.39, 0.29) is 67.7 Å². The van der Waals surface area contributed by atoms with E-state index in [0.29, 0.717) is 68.4 Å². The fourth-order valence-corrected chi connectivity index (χ4v) is 14.7. The third-order valence-corrected chi connectivity index (χ3v) is 21.0. The Morgan fingerprint density at radius 1 is 0.613 bits per heavy atom. The second-order valence-electron chi connectivity index (χ2n) is 27.6. The van der Waals surface area contributed by atoms with Gasteiger partial charge in [0.2, 0.25) is 5.91 Å². The minimum atomic E-state index is -1.06. The first kappa shape index (κ1) is 80.7. The van der Waals surface area contributed by atoms with E-state index in [2.05, 4.69) is 61.9 Å². The van der Waals surface area contributed by atoms with Crippen molar-refractivity contribution in [2.24, 2.45) is 35.5 Å². The van der Waals surface area contributed by atoms with E-state index in [1.165, 1.54) is 35.5 Å². The predicted octanol–water partition coefficient (Wildman–Crippen LogP) is 13.2. The number of ketones is 1. The molecule has 0 saturated heterocycles. The number of carbonyl (C=O) groups is 6. The van der Waals surface area contributed by atoms with Crippen LogP contribution >= 0.6 is 25.3 Å². The van der Waals surface area contributed by atoms with E-state index in [1.54, 1.807) is 41.8 Å². The maximum atomic E-state index is 13.6. The number of hydrogen-bond donors (Lipinski definition) is 8. The zero-order valence-electron chi connectivity index (χ0n) is 56.9. The van der Waals surface area contributed by atoms with Gasteiger partial charge in [0.15, 0.2) is 19.0 Å². The number of carbonyl (C=O) groups excluding carboxylic acids is 4. The summed E-state index contributed by atoms with van der Waals surface area (Å²) >= 11 is 8.45. The number of fused-ring (bicyclic) bond motifs is 4. The number of benzene rings is 2. The van der Waals surface area contributed by atoms with Gasteiger partial charge in [0.05, 0.1) is 17.7 Å². The quantitative estimate of drug-likeness (QED) is 0.0228. The van der Waals surface area contributed by atoms with Crippen molar-refractivity contribution in [3.63, 3.8) is 0 Å². The Balaban J connectivity index is 0.000000394. The molecule has 0 spiro atoms. The zero-order valence-corrected chi connectivity index (χ0v) is 58.7. The molecule has 6 N–H and O–H groups in total. The molecular formula is C73H120N4O14S2. The number of rotatable bonds is 41. The number of likely N-dealkylation sites (N-methyl/N-ethyl adjacent to an activating group) is 2. The van der Waals surface area contributed by atoms with Crippen LogP contribution in [0.3, 0.4) is 0 Å². The first-order chi connectivity index (χ1) is 44.0. The fraction of sp³-hybridized carbons (Fsp3) is 0.753. The third-order valence-electron chi connectivity index (χ3n) is 20.4. The van der Waals surface area contributed by atoms with Crippen molar-refractivity contribution in [2.75, 3.05) is 58.4 Å². The highest BCUT2D eigenvalue weighted by Gasteiger charge is 2.49. The molecule has 10 atom stereocenters. The van der Waals surface area contributed by atoms with Crippen LogP contribution in [0.4, 0.5) is 9.59 Å². The molecule has 0 bridgehead atoms. The minimum Gasteiger partial charge on any atom is -0.482 e. The summed E-state index contributed by atoms with van der Waals surface area (Å²) < 4.78 is 23.6. The highest BCUT2D eigenvalue weighted by Crippen LogP contribution is 2.51. The van der Waals surface area contributed by atoms with Gasteiger partial charge in [-0.2, -0.15) is 25.3 Å². The van der Waals surface area contributed by atoms with Crippen molar-refractivity contribution in [3.05, 3.63) is 58.7 Å². The molecule has 2 fully saturated rings. The van der Waals surface area contributed by atoms with Crippen LogP contribution < -0.4 is 20.1 Å². The molecule has 18 nitrogen and oxygen atoms in total. The van der Waals surface area contributed by atoms with Gasteiger partial charge in [-0.15, -0.1) is 0 Å². The average molecular weight is 1340 g/mol. The van der Waals surface area contributed by atoms with E-state index in [1.807, 2.05) is 24.3 Å². The number of carboxylic acid groups (broad SMARTS) is 2. The Morgan fingerprint density at radius 3 is 1.72 bits per heavy atom. The van der Waals surface area contributed by atoms with Crippen molar-refractivity contribution < 1.29 is 68.1 Å². The van der Waals surface area contributed by atoms with Crippen LogP contribution in [0.1, 0.15) is 219 Å². The van der Waals surface area contributed by atoms with E-state index in [0.717, 1.165) is 156 Å². The molecule has 0 heterocycles. The maximum Gasteiger partial charge on any atom is 0.410 e. The lowest BCUT2D eigenvalue weighted by Gasteiger charge is -2.35. The number of aliphatic carboxylic acids is 2. The number of ether oxygens (including phenoxy) is 4. The highest BCUT2D eigenvalue weighted by atomic mass is 32.1. The first-order valence-corrected chi connectivity index (χ1v) is 36.1. The van der Waals surface area contributed by atoms with Gasteiger partial charge in [0, 0.05) is 39.4 Å². The Hall–Kier alpha value is -4.76. The SMILES string of the molecule is C.CCCCC[C@@H](CC[C@@H]1[C@H]2Cc3cccc(OCC(=O)O)c3C[C@H]2C[C@H]1O)OC(=O)N(C)C(C)(C)C(=O)NCCCCCCCCCS.CCCCC[C@H](O)CC[C@@H]1[C@H]2Cc3cccc(OCC(=O)O)c3C[C@H]2C[C@H]1OC(=O)N(C)C(C)(C)C(=O)CCCNCCS. The summed E-state index contributed by atoms with van der Waals surface area (Å²) in [6, 6.07) is 11.6. The number of thiol groups is 2. The van der Waals surface area contributed by atoms with Gasteiger partial charge in [-0.25, -0.2) is 19.2 Å². The summed E-state index contributed by atoms with van der Waals surface area (Å²) in [7, 11) is 3.27. The molecule has 20 heteroatoms. The summed E-state index contributed by atoms with van der Waals surface area (Å²) in [6.07, 6.45) is 21.6. The second kappa shape index (κ2) is 41.4. The number of hydrogen-bond acceptors (Lipinski definition) is 15. The Bertz CT molecular complexity index is 2610. The van der Waals surface area contributed by atoms with Crippen molar-refractivity contribution in [1.29, 1.82) is 0 Å². The molecule has 4 aliphatic carbocycles. The number of Topliss-reactive ketones (excluding diaryl/α,β-unsaturated/α-hetero) is 1. The van der Waals surface area contributed by atoms with Crippen LogP contribution in [0.15, 0.2) is 36.4 Å². The zero-order chi connectivity index (χ0) is 67.4. The number of nitrogens with zero attached hydrogens (tertiary/aromatic N) is 2. The lowest BCUT2D eigenvalue weighted by atomic mass is 9.73. The molecule has 93 heavy (non-hydrogen) atoms. The molecule has 2 aromatic carbocycles. The molecule has 0 aromatic heterocycles. The van der Waals surface area contributed by atoms with E-state index < -0.39 is 47.9 Å². The lowest BCUT2D eigenvalue weighted by Crippen LogP contribution is -2.56. The molecule has 0 aliphatic heterocycles. The number of amides is 3. The van der Waals surface area contributed by atoms with Crippen LogP contribution in [-0.4, -0.2) is 160 Å². The van der Waals surface area contributed by atoms with Gasteiger partial charge in [-0.05, 0) is 213 Å². The van der Waals surface area contributed by atoms with Gasteiger partial charge in [0.25, 0.3) is 0 Å². The fourth-order valence-electron chi connectivity index (χ4n) is 14.3. The van der Waals surface area contributed by atoms with Crippen LogP contribution in [0.5, 0.6) is 11.5 Å². The highest BCUT2D eigenvalue weighted by molar-refractivity contribution is 7.80. The molecule has 0 unspecified atom stereocenters. The summed E-state index contributed by atoms with van der Waals surface area (Å²) in [5.74, 6) is 1.96. The molecule has 2 aromatic rings. The van der Waals surface area contributed by atoms with Gasteiger partial charge < -0.3 is 50.0 Å². The van der Waals surface area contributed by atoms with Crippen molar-refractivity contribution >= 4 is 61.1 Å². The molecular weight excluding hydrogens is 1220 g/mol.